The Hall–Kier alpha value is -3.72. The molecule has 0 bridgehead atoms. The molecule has 0 radical (unpaired) electrons. The molecule has 34 heavy (non-hydrogen) atoms. The predicted molar refractivity (Wildman–Crippen MR) is 134 cm³/mol. The predicted octanol–water partition coefficient (Wildman–Crippen LogP) is 5.47. The molecule has 2 aromatic carbocycles. The van der Waals surface area contributed by atoms with Crippen LogP contribution in [-0.2, 0) is 11.3 Å². The smallest absolute Gasteiger partial charge is 0.262 e. The van der Waals surface area contributed by atoms with Gasteiger partial charge >= 0.3 is 0 Å². The Kier molecular flexibility index (Phi) is 7.87. The largest absolute Gasteiger partial charge is 0.493 e. The summed E-state index contributed by atoms with van der Waals surface area (Å²) in [4.78, 5) is 12.9. The van der Waals surface area contributed by atoms with Crippen molar-refractivity contribution >= 4 is 22.9 Å². The lowest BCUT2D eigenvalue weighted by molar-refractivity contribution is -0.117. The summed E-state index contributed by atoms with van der Waals surface area (Å²) in [7, 11) is 1.62. The second kappa shape index (κ2) is 11.4. The maximum atomic E-state index is 12.9. The van der Waals surface area contributed by atoms with E-state index in [0.717, 1.165) is 42.1 Å². The summed E-state index contributed by atoms with van der Waals surface area (Å²) < 4.78 is 13.4. The molecule has 0 spiro atoms. The molecule has 1 aromatic heterocycles. The number of hydrogen-bond acceptors (Lipinski definition) is 4. The van der Waals surface area contributed by atoms with E-state index in [1.54, 1.807) is 13.2 Å². The van der Waals surface area contributed by atoms with E-state index in [1.165, 1.54) is 12.8 Å². The van der Waals surface area contributed by atoms with E-state index in [9.17, 15) is 10.1 Å². The number of carbonyl (C=O) groups is 1. The minimum absolute atomic E-state index is 0.137. The number of hydrogen-bond donors (Lipinski definition) is 1. The molecule has 1 saturated carbocycles. The molecule has 0 saturated heterocycles. The molecule has 4 rings (SSSR count). The molecule has 6 heteroatoms. The quantitative estimate of drug-likeness (QED) is 0.276. The molecular weight excluding hydrogens is 426 g/mol. The maximum absolute atomic E-state index is 12.9. The Labute approximate surface area is 200 Å². The minimum Gasteiger partial charge on any atom is -0.493 e. The summed E-state index contributed by atoms with van der Waals surface area (Å²) in [6, 6.07) is 17.8. The molecule has 176 valence electrons. The van der Waals surface area contributed by atoms with Gasteiger partial charge in [0.15, 0.2) is 11.5 Å². The average Bonchev–Trinajstić information content (AvgIpc) is 3.01. The highest BCUT2D eigenvalue weighted by Crippen LogP contribution is 2.27. The van der Waals surface area contributed by atoms with Gasteiger partial charge in [-0.05, 0) is 37.1 Å². The number of nitrogens with zero attached hydrogens (tertiary/aromatic N) is 2. The lowest BCUT2D eigenvalue weighted by Crippen LogP contribution is -2.35. The minimum atomic E-state index is -0.286. The van der Waals surface area contributed by atoms with E-state index in [4.69, 9.17) is 9.47 Å². The monoisotopic (exact) mass is 457 g/mol. The highest BCUT2D eigenvalue weighted by Gasteiger charge is 2.18. The zero-order valence-corrected chi connectivity index (χ0v) is 19.6. The van der Waals surface area contributed by atoms with Gasteiger partial charge in [-0.2, -0.15) is 5.26 Å². The molecular formula is C28H31N3O3. The molecule has 1 fully saturated rings. The first-order valence-corrected chi connectivity index (χ1v) is 12.0. The van der Waals surface area contributed by atoms with Crippen LogP contribution in [0.1, 0.15) is 44.1 Å². The van der Waals surface area contributed by atoms with Gasteiger partial charge in [-0.15, -0.1) is 0 Å². The van der Waals surface area contributed by atoms with Crippen LogP contribution in [-0.4, -0.2) is 30.2 Å². The topological polar surface area (TPSA) is 76.3 Å². The van der Waals surface area contributed by atoms with Crippen LogP contribution < -0.4 is 14.8 Å². The number of fused-ring (bicyclic) bond motifs is 1. The Morgan fingerprint density at radius 3 is 2.53 bits per heavy atom. The van der Waals surface area contributed by atoms with Gasteiger partial charge in [-0.3, -0.25) is 4.79 Å². The summed E-state index contributed by atoms with van der Waals surface area (Å²) in [5.41, 5.74) is 2.01. The van der Waals surface area contributed by atoms with Crippen molar-refractivity contribution in [2.75, 3.05) is 13.7 Å². The van der Waals surface area contributed by atoms with Crippen molar-refractivity contribution in [1.82, 2.24) is 9.88 Å². The van der Waals surface area contributed by atoms with Crippen LogP contribution in [0.3, 0.4) is 0 Å². The number of carbonyl (C=O) groups excluding carboxylic acids is 1. The van der Waals surface area contributed by atoms with Gasteiger partial charge in [-0.1, -0.05) is 56.0 Å². The maximum Gasteiger partial charge on any atom is 0.262 e. The fourth-order valence-electron chi connectivity index (χ4n) is 4.56. The van der Waals surface area contributed by atoms with Crippen molar-refractivity contribution in [3.63, 3.8) is 0 Å². The van der Waals surface area contributed by atoms with Gasteiger partial charge in [0.1, 0.15) is 18.2 Å². The van der Waals surface area contributed by atoms with Crippen molar-refractivity contribution in [2.24, 2.45) is 0 Å². The third-order valence-electron chi connectivity index (χ3n) is 6.33. The van der Waals surface area contributed by atoms with Crippen LogP contribution in [0.5, 0.6) is 11.5 Å². The van der Waals surface area contributed by atoms with Crippen molar-refractivity contribution in [3.8, 4) is 17.6 Å². The highest BCUT2D eigenvalue weighted by atomic mass is 16.5. The lowest BCUT2D eigenvalue weighted by Gasteiger charge is -2.15. The molecule has 1 heterocycles. The first-order valence-electron chi connectivity index (χ1n) is 12.0. The van der Waals surface area contributed by atoms with E-state index in [2.05, 4.69) is 16.0 Å². The molecule has 1 aliphatic rings. The standard InChI is InChI=1S/C28H31N3O3/c1-33-26-14-8-9-15-27(26)34-17-16-31-20-22(24-12-6-7-13-25(24)31)18-21(19-29)28(32)30-23-10-4-2-3-5-11-23/h6-9,12-15,18,20,23H,2-5,10-11,16-17H2,1H3,(H,30,32)/b21-18+. The Morgan fingerprint density at radius 2 is 1.79 bits per heavy atom. The Morgan fingerprint density at radius 1 is 1.09 bits per heavy atom. The SMILES string of the molecule is COc1ccccc1OCCn1cc(/C=C(\C#N)C(=O)NC2CCCCCC2)c2ccccc21. The number of para-hydroxylation sites is 3. The molecule has 1 aliphatic carbocycles. The second-order valence-electron chi connectivity index (χ2n) is 8.63. The van der Waals surface area contributed by atoms with Crippen molar-refractivity contribution in [2.45, 2.75) is 51.1 Å². The van der Waals surface area contributed by atoms with E-state index >= 15 is 0 Å². The van der Waals surface area contributed by atoms with E-state index in [0.29, 0.717) is 24.7 Å². The number of rotatable bonds is 8. The fourth-order valence-corrected chi connectivity index (χ4v) is 4.56. The van der Waals surface area contributed by atoms with Crippen LogP contribution in [0.4, 0.5) is 0 Å². The van der Waals surface area contributed by atoms with Gasteiger partial charge < -0.3 is 19.4 Å². The summed E-state index contributed by atoms with van der Waals surface area (Å²) in [5, 5.41) is 13.8. The molecule has 1 amide bonds. The average molecular weight is 458 g/mol. The van der Waals surface area contributed by atoms with Gasteiger partial charge in [0.05, 0.1) is 13.7 Å². The molecule has 3 aromatic rings. The first-order chi connectivity index (χ1) is 16.7. The molecule has 6 nitrogen and oxygen atoms in total. The normalized spacial score (nSPS) is 14.9. The van der Waals surface area contributed by atoms with Gasteiger partial charge in [0, 0.05) is 28.7 Å². The van der Waals surface area contributed by atoms with E-state index in [1.807, 2.05) is 54.7 Å². The van der Waals surface area contributed by atoms with Crippen LogP contribution in [0.2, 0.25) is 0 Å². The zero-order valence-electron chi connectivity index (χ0n) is 19.6. The first kappa shape index (κ1) is 23.4. The summed E-state index contributed by atoms with van der Waals surface area (Å²) in [5.74, 6) is 1.11. The second-order valence-corrected chi connectivity index (χ2v) is 8.63. The summed E-state index contributed by atoms with van der Waals surface area (Å²) in [6.45, 7) is 1.07. The Balaban J connectivity index is 1.51. The van der Waals surface area contributed by atoms with Crippen molar-refractivity contribution < 1.29 is 14.3 Å². The van der Waals surface area contributed by atoms with Gasteiger partial charge in [0.2, 0.25) is 0 Å². The number of benzene rings is 2. The van der Waals surface area contributed by atoms with Crippen molar-refractivity contribution in [1.29, 1.82) is 5.26 Å². The summed E-state index contributed by atoms with van der Waals surface area (Å²) in [6.07, 6.45) is 10.3. The fraction of sp³-hybridized carbons (Fsp3) is 0.357. The Bertz CT molecular complexity index is 1200. The van der Waals surface area contributed by atoms with Crippen LogP contribution in [0.15, 0.2) is 60.3 Å². The number of methoxy groups -OCH3 is 1. The van der Waals surface area contributed by atoms with Crippen LogP contribution >= 0.6 is 0 Å². The molecule has 0 atom stereocenters. The molecule has 1 N–H and O–H groups in total. The van der Waals surface area contributed by atoms with E-state index < -0.39 is 0 Å². The lowest BCUT2D eigenvalue weighted by atomic mass is 10.1. The number of aromatic nitrogens is 1. The number of nitrogens with one attached hydrogen (secondary N) is 1. The van der Waals surface area contributed by atoms with Crippen LogP contribution in [0.25, 0.3) is 17.0 Å². The summed E-state index contributed by atoms with van der Waals surface area (Å²) >= 11 is 0. The molecule has 0 aliphatic heterocycles. The van der Waals surface area contributed by atoms with Crippen molar-refractivity contribution in [3.05, 3.63) is 65.9 Å². The highest BCUT2D eigenvalue weighted by molar-refractivity contribution is 6.04. The third-order valence-corrected chi connectivity index (χ3v) is 6.33. The van der Waals surface area contributed by atoms with Crippen LogP contribution in [0, 0.1) is 11.3 Å². The zero-order chi connectivity index (χ0) is 23.8. The third kappa shape index (κ3) is 5.60. The number of nitriles is 1. The van der Waals surface area contributed by atoms with Gasteiger partial charge in [0.25, 0.3) is 5.91 Å². The number of ether oxygens (including phenoxy) is 2. The van der Waals surface area contributed by atoms with E-state index in [-0.39, 0.29) is 17.5 Å². The number of amides is 1. The van der Waals surface area contributed by atoms with Gasteiger partial charge in [-0.25, -0.2) is 0 Å². The molecule has 0 unspecified atom stereocenters.